The molecule has 15 heavy (non-hydrogen) atoms. The van der Waals surface area contributed by atoms with Gasteiger partial charge in [-0.3, -0.25) is 9.59 Å². The van der Waals surface area contributed by atoms with Crippen LogP contribution in [0.25, 0.3) is 0 Å². The van der Waals surface area contributed by atoms with E-state index in [0.717, 1.165) is 0 Å². The second-order valence-electron chi connectivity index (χ2n) is 4.82. The molecule has 1 fully saturated rings. The van der Waals surface area contributed by atoms with E-state index in [1.165, 1.54) is 4.90 Å². The van der Waals surface area contributed by atoms with Gasteiger partial charge in [0, 0.05) is 6.54 Å². The third-order valence-electron chi connectivity index (χ3n) is 2.42. The first-order valence-electron chi connectivity index (χ1n) is 5.00. The molecule has 0 spiro atoms. The third kappa shape index (κ3) is 2.67. The SMILES string of the molecule is CC(C)(C)C1NC(=O)CN(CCF)C1=O. The van der Waals surface area contributed by atoms with Gasteiger partial charge in [0.15, 0.2) is 0 Å². The van der Waals surface area contributed by atoms with Gasteiger partial charge in [-0.25, -0.2) is 4.39 Å². The third-order valence-corrected chi connectivity index (χ3v) is 2.42. The number of carbonyl (C=O) groups is 2. The van der Waals surface area contributed by atoms with Crippen LogP contribution in [0.3, 0.4) is 0 Å². The van der Waals surface area contributed by atoms with Gasteiger partial charge in [-0.15, -0.1) is 0 Å². The molecule has 0 aliphatic carbocycles. The summed E-state index contributed by atoms with van der Waals surface area (Å²) in [5.41, 5.74) is -0.346. The molecule has 1 saturated heterocycles. The lowest BCUT2D eigenvalue weighted by Gasteiger charge is -2.38. The van der Waals surface area contributed by atoms with Gasteiger partial charge in [0.2, 0.25) is 11.8 Å². The summed E-state index contributed by atoms with van der Waals surface area (Å²) in [6, 6.07) is -0.551. The second kappa shape index (κ2) is 4.16. The van der Waals surface area contributed by atoms with Crippen molar-refractivity contribution >= 4 is 11.8 Å². The molecule has 1 unspecified atom stereocenters. The first kappa shape index (κ1) is 11.9. The zero-order chi connectivity index (χ0) is 11.6. The highest BCUT2D eigenvalue weighted by atomic mass is 19.1. The molecule has 2 amide bonds. The van der Waals surface area contributed by atoms with Crippen molar-refractivity contribution in [1.82, 2.24) is 10.2 Å². The fourth-order valence-electron chi connectivity index (χ4n) is 1.58. The second-order valence-corrected chi connectivity index (χ2v) is 4.82. The van der Waals surface area contributed by atoms with E-state index in [1.807, 2.05) is 20.8 Å². The van der Waals surface area contributed by atoms with Crippen molar-refractivity contribution in [3.8, 4) is 0 Å². The lowest BCUT2D eigenvalue weighted by atomic mass is 9.85. The lowest BCUT2D eigenvalue weighted by molar-refractivity contribution is -0.147. The van der Waals surface area contributed by atoms with E-state index in [-0.39, 0.29) is 30.3 Å². The van der Waals surface area contributed by atoms with Crippen LogP contribution in [-0.2, 0) is 9.59 Å². The van der Waals surface area contributed by atoms with Crippen LogP contribution in [0.1, 0.15) is 20.8 Å². The van der Waals surface area contributed by atoms with Crippen LogP contribution in [-0.4, -0.2) is 42.5 Å². The molecule has 1 aliphatic heterocycles. The van der Waals surface area contributed by atoms with Crippen LogP contribution < -0.4 is 5.32 Å². The van der Waals surface area contributed by atoms with Gasteiger partial charge >= 0.3 is 0 Å². The Labute approximate surface area is 88.8 Å². The summed E-state index contributed by atoms with van der Waals surface area (Å²) in [5, 5.41) is 2.64. The van der Waals surface area contributed by atoms with E-state index in [2.05, 4.69) is 5.32 Å². The molecular weight excluding hydrogens is 199 g/mol. The monoisotopic (exact) mass is 216 g/mol. The van der Waals surface area contributed by atoms with Crippen molar-refractivity contribution in [2.75, 3.05) is 19.8 Å². The van der Waals surface area contributed by atoms with Crippen molar-refractivity contribution in [3.63, 3.8) is 0 Å². The molecule has 1 rings (SSSR count). The van der Waals surface area contributed by atoms with E-state index < -0.39 is 12.7 Å². The van der Waals surface area contributed by atoms with Crippen LogP contribution in [0.4, 0.5) is 4.39 Å². The average molecular weight is 216 g/mol. The number of nitrogens with one attached hydrogen (secondary N) is 1. The molecule has 1 atom stereocenters. The fourth-order valence-corrected chi connectivity index (χ4v) is 1.58. The van der Waals surface area contributed by atoms with Crippen LogP contribution in [0.5, 0.6) is 0 Å². The van der Waals surface area contributed by atoms with Gasteiger partial charge < -0.3 is 10.2 Å². The van der Waals surface area contributed by atoms with Gasteiger partial charge in [0.25, 0.3) is 0 Å². The van der Waals surface area contributed by atoms with E-state index in [9.17, 15) is 14.0 Å². The van der Waals surface area contributed by atoms with E-state index in [0.29, 0.717) is 0 Å². The number of nitrogens with zero attached hydrogens (tertiary/aromatic N) is 1. The predicted molar refractivity (Wildman–Crippen MR) is 53.9 cm³/mol. The highest BCUT2D eigenvalue weighted by molar-refractivity contribution is 5.95. The lowest BCUT2D eigenvalue weighted by Crippen LogP contribution is -2.62. The molecule has 1 heterocycles. The molecule has 0 aromatic heterocycles. The minimum absolute atomic E-state index is 0.00116. The minimum Gasteiger partial charge on any atom is -0.342 e. The van der Waals surface area contributed by atoms with Crippen molar-refractivity contribution < 1.29 is 14.0 Å². The summed E-state index contributed by atoms with van der Waals surface area (Å²) in [6.07, 6.45) is 0. The van der Waals surface area contributed by atoms with Crippen LogP contribution in [0.2, 0.25) is 0 Å². The van der Waals surface area contributed by atoms with Crippen molar-refractivity contribution in [2.24, 2.45) is 5.41 Å². The summed E-state index contributed by atoms with van der Waals surface area (Å²) >= 11 is 0. The van der Waals surface area contributed by atoms with Gasteiger partial charge in [0.05, 0.1) is 6.54 Å². The molecule has 0 aromatic rings. The summed E-state index contributed by atoms with van der Waals surface area (Å²) < 4.78 is 12.2. The number of piperazine rings is 1. The molecule has 0 aromatic carbocycles. The van der Waals surface area contributed by atoms with Crippen LogP contribution in [0, 0.1) is 5.41 Å². The van der Waals surface area contributed by atoms with Crippen LogP contribution in [0.15, 0.2) is 0 Å². The predicted octanol–water partition coefficient (Wildman–Crippen LogP) is 0.329. The van der Waals surface area contributed by atoms with Crippen molar-refractivity contribution in [1.29, 1.82) is 0 Å². The summed E-state index contributed by atoms with van der Waals surface area (Å²) in [7, 11) is 0. The Morgan fingerprint density at radius 3 is 2.53 bits per heavy atom. The van der Waals surface area contributed by atoms with E-state index in [1.54, 1.807) is 0 Å². The Morgan fingerprint density at radius 2 is 2.07 bits per heavy atom. The molecule has 86 valence electrons. The Kier molecular flexibility index (Phi) is 3.31. The average Bonchev–Trinajstić information content (AvgIpc) is 2.09. The van der Waals surface area contributed by atoms with E-state index >= 15 is 0 Å². The number of alkyl halides is 1. The van der Waals surface area contributed by atoms with Gasteiger partial charge in [-0.2, -0.15) is 0 Å². The fraction of sp³-hybridized carbons (Fsp3) is 0.800. The highest BCUT2D eigenvalue weighted by Gasteiger charge is 2.39. The maximum atomic E-state index is 12.2. The van der Waals surface area contributed by atoms with Gasteiger partial charge in [-0.05, 0) is 5.41 Å². The van der Waals surface area contributed by atoms with Crippen molar-refractivity contribution in [3.05, 3.63) is 0 Å². The molecule has 1 aliphatic rings. The zero-order valence-corrected chi connectivity index (χ0v) is 9.34. The largest absolute Gasteiger partial charge is 0.342 e. The Bertz CT molecular complexity index is 273. The van der Waals surface area contributed by atoms with Crippen molar-refractivity contribution in [2.45, 2.75) is 26.8 Å². The van der Waals surface area contributed by atoms with Gasteiger partial charge in [0.1, 0.15) is 12.7 Å². The number of halogens is 1. The standard InChI is InChI=1S/C10H17FN2O2/c1-10(2,3)8-9(15)13(5-4-11)6-7(14)12-8/h8H,4-6H2,1-3H3,(H,12,14). The summed E-state index contributed by atoms with van der Waals surface area (Å²) in [5.74, 6) is -0.414. The number of rotatable bonds is 2. The molecule has 0 saturated carbocycles. The Balaban J connectivity index is 2.81. The minimum atomic E-state index is -0.615. The molecule has 1 N–H and O–H groups in total. The van der Waals surface area contributed by atoms with E-state index in [4.69, 9.17) is 0 Å². The number of amides is 2. The molecular formula is C10H17FN2O2. The molecule has 5 heteroatoms. The Hall–Kier alpha value is -1.13. The molecule has 0 radical (unpaired) electrons. The smallest absolute Gasteiger partial charge is 0.246 e. The normalized spacial score (nSPS) is 22.9. The summed E-state index contributed by atoms with van der Waals surface area (Å²) in [4.78, 5) is 24.4. The highest BCUT2D eigenvalue weighted by Crippen LogP contribution is 2.22. The zero-order valence-electron chi connectivity index (χ0n) is 9.34. The Morgan fingerprint density at radius 1 is 1.47 bits per heavy atom. The van der Waals surface area contributed by atoms with Crippen LogP contribution >= 0.6 is 0 Å². The number of carbonyl (C=O) groups excluding carboxylic acids is 2. The molecule has 4 nitrogen and oxygen atoms in total. The maximum Gasteiger partial charge on any atom is 0.246 e. The summed E-state index contributed by atoms with van der Waals surface area (Å²) in [6.45, 7) is 4.96. The number of hydrogen-bond donors (Lipinski definition) is 1. The maximum absolute atomic E-state index is 12.2. The quantitative estimate of drug-likeness (QED) is 0.723. The van der Waals surface area contributed by atoms with Gasteiger partial charge in [-0.1, -0.05) is 20.8 Å². The first-order valence-corrected chi connectivity index (χ1v) is 5.00. The molecule has 0 bridgehead atoms. The first-order chi connectivity index (χ1) is 6.86. The topological polar surface area (TPSA) is 49.4 Å². The number of hydrogen-bond acceptors (Lipinski definition) is 2.